The van der Waals surface area contributed by atoms with Gasteiger partial charge in [-0.05, 0) is 24.1 Å². The van der Waals surface area contributed by atoms with E-state index < -0.39 is 5.91 Å². The number of para-hydroxylation sites is 1. The maximum atomic E-state index is 11.3. The minimum atomic E-state index is -0.676. The zero-order valence-electron chi connectivity index (χ0n) is 11.2. The van der Waals surface area contributed by atoms with Crippen LogP contribution in [-0.2, 0) is 4.79 Å². The molecule has 0 unspecified atom stereocenters. The molecule has 3 nitrogen and oxygen atoms in total. The van der Waals surface area contributed by atoms with E-state index in [-0.39, 0.29) is 0 Å². The topological polar surface area (TPSA) is 52.9 Å². The fraction of sp³-hybridized carbons (Fsp3) is 0.0588. The average molecular weight is 262 g/mol. The lowest BCUT2D eigenvalue weighted by Gasteiger charge is -2.13. The lowest BCUT2D eigenvalue weighted by Crippen LogP contribution is -2.09. The van der Waals surface area contributed by atoms with Gasteiger partial charge in [-0.15, -0.1) is 0 Å². The van der Waals surface area contributed by atoms with E-state index in [0.717, 1.165) is 22.3 Å². The lowest BCUT2D eigenvalue weighted by molar-refractivity contribution is -0.111. The summed E-state index contributed by atoms with van der Waals surface area (Å²) in [5, 5.41) is 11.2. The Balaban J connectivity index is 2.57. The SMILES string of the molecule is C=C(C)c1ccccc1-c1ccccc1NC(=O)C#N. The van der Waals surface area contributed by atoms with Gasteiger partial charge in [-0.1, -0.05) is 54.6 Å². The van der Waals surface area contributed by atoms with Crippen molar-refractivity contribution < 1.29 is 4.79 Å². The first-order valence-corrected chi connectivity index (χ1v) is 6.19. The van der Waals surface area contributed by atoms with Crippen LogP contribution < -0.4 is 5.32 Å². The van der Waals surface area contributed by atoms with Crippen LogP contribution in [0.3, 0.4) is 0 Å². The fourth-order valence-electron chi connectivity index (χ4n) is 2.07. The molecule has 0 saturated heterocycles. The Morgan fingerprint density at radius 2 is 1.70 bits per heavy atom. The minimum absolute atomic E-state index is 0.618. The Morgan fingerprint density at radius 3 is 2.35 bits per heavy atom. The zero-order valence-corrected chi connectivity index (χ0v) is 11.2. The highest BCUT2D eigenvalue weighted by molar-refractivity contribution is 6.05. The summed E-state index contributed by atoms with van der Waals surface area (Å²) in [7, 11) is 0. The van der Waals surface area contributed by atoms with E-state index in [2.05, 4.69) is 11.9 Å². The maximum Gasteiger partial charge on any atom is 0.326 e. The second kappa shape index (κ2) is 5.85. The number of nitrogens with zero attached hydrogens (tertiary/aromatic N) is 1. The van der Waals surface area contributed by atoms with Crippen LogP contribution in [0.5, 0.6) is 0 Å². The molecule has 0 spiro atoms. The Morgan fingerprint density at radius 1 is 1.10 bits per heavy atom. The van der Waals surface area contributed by atoms with Gasteiger partial charge in [0.05, 0.1) is 0 Å². The number of hydrogen-bond acceptors (Lipinski definition) is 2. The molecule has 0 radical (unpaired) electrons. The van der Waals surface area contributed by atoms with Crippen molar-refractivity contribution in [2.24, 2.45) is 0 Å². The van der Waals surface area contributed by atoms with E-state index in [1.165, 1.54) is 0 Å². The summed E-state index contributed by atoms with van der Waals surface area (Å²) in [6.07, 6.45) is 0. The van der Waals surface area contributed by atoms with Crippen LogP contribution in [0.1, 0.15) is 12.5 Å². The summed E-state index contributed by atoms with van der Waals surface area (Å²) in [5.74, 6) is -0.676. The molecule has 0 heterocycles. The van der Waals surface area contributed by atoms with Gasteiger partial charge in [-0.2, -0.15) is 5.26 Å². The van der Waals surface area contributed by atoms with Crippen molar-refractivity contribution in [3.05, 3.63) is 60.7 Å². The van der Waals surface area contributed by atoms with Crippen molar-refractivity contribution in [1.29, 1.82) is 5.26 Å². The van der Waals surface area contributed by atoms with Gasteiger partial charge >= 0.3 is 5.91 Å². The van der Waals surface area contributed by atoms with E-state index in [1.54, 1.807) is 12.1 Å². The van der Waals surface area contributed by atoms with Gasteiger partial charge in [0.2, 0.25) is 0 Å². The van der Waals surface area contributed by atoms with Crippen LogP contribution >= 0.6 is 0 Å². The normalized spacial score (nSPS) is 9.60. The van der Waals surface area contributed by atoms with Gasteiger partial charge in [0.1, 0.15) is 0 Å². The molecule has 0 aliphatic heterocycles. The number of nitrogens with one attached hydrogen (secondary N) is 1. The third-order valence-corrected chi connectivity index (χ3v) is 2.95. The van der Waals surface area contributed by atoms with Crippen molar-refractivity contribution in [3.63, 3.8) is 0 Å². The molecular weight excluding hydrogens is 248 g/mol. The number of rotatable bonds is 3. The molecule has 98 valence electrons. The Labute approximate surface area is 118 Å². The summed E-state index contributed by atoms with van der Waals surface area (Å²) >= 11 is 0. The molecule has 1 N–H and O–H groups in total. The summed E-state index contributed by atoms with van der Waals surface area (Å²) in [4.78, 5) is 11.3. The van der Waals surface area contributed by atoms with E-state index >= 15 is 0 Å². The van der Waals surface area contributed by atoms with Crippen LogP contribution in [0.4, 0.5) is 5.69 Å². The van der Waals surface area contributed by atoms with Gasteiger partial charge < -0.3 is 5.32 Å². The Hall–Kier alpha value is -2.86. The smallest absolute Gasteiger partial charge is 0.313 e. The van der Waals surface area contributed by atoms with Crippen molar-refractivity contribution in [2.75, 3.05) is 5.32 Å². The van der Waals surface area contributed by atoms with Gasteiger partial charge in [0, 0.05) is 11.3 Å². The lowest BCUT2D eigenvalue weighted by atomic mass is 9.95. The predicted octanol–water partition coefficient (Wildman–Crippen LogP) is 3.85. The van der Waals surface area contributed by atoms with Crippen molar-refractivity contribution in [1.82, 2.24) is 0 Å². The standard InChI is InChI=1S/C17H14N2O/c1-12(2)13-7-3-4-8-14(13)15-9-5-6-10-16(15)19-17(20)11-18/h3-10H,1H2,2H3,(H,19,20). The van der Waals surface area contributed by atoms with Crippen LogP contribution in [0.15, 0.2) is 55.1 Å². The third kappa shape index (κ3) is 2.76. The number of nitriles is 1. The third-order valence-electron chi connectivity index (χ3n) is 2.95. The largest absolute Gasteiger partial charge is 0.326 e. The number of benzene rings is 2. The second-order valence-corrected chi connectivity index (χ2v) is 4.44. The molecular formula is C17H14N2O. The first-order chi connectivity index (χ1) is 9.63. The maximum absolute atomic E-state index is 11.3. The molecule has 2 rings (SSSR count). The minimum Gasteiger partial charge on any atom is -0.313 e. The molecule has 3 heteroatoms. The summed E-state index contributed by atoms with van der Waals surface area (Å²) < 4.78 is 0. The monoisotopic (exact) mass is 262 g/mol. The van der Waals surface area contributed by atoms with Gasteiger partial charge in [0.25, 0.3) is 0 Å². The number of hydrogen-bond donors (Lipinski definition) is 1. The summed E-state index contributed by atoms with van der Waals surface area (Å²) in [5.41, 5.74) is 4.43. The van der Waals surface area contributed by atoms with Crippen LogP contribution in [0.25, 0.3) is 16.7 Å². The van der Waals surface area contributed by atoms with Crippen LogP contribution in [0, 0.1) is 11.3 Å². The van der Waals surface area contributed by atoms with Crippen LogP contribution in [-0.4, -0.2) is 5.91 Å². The Kier molecular flexibility index (Phi) is 3.97. The zero-order chi connectivity index (χ0) is 14.5. The molecule has 20 heavy (non-hydrogen) atoms. The molecule has 0 aromatic heterocycles. The molecule has 0 aliphatic carbocycles. The van der Waals surface area contributed by atoms with Crippen LogP contribution in [0.2, 0.25) is 0 Å². The molecule has 0 atom stereocenters. The molecule has 1 amide bonds. The molecule has 0 saturated carbocycles. The Bertz CT molecular complexity index is 711. The molecule has 2 aromatic carbocycles. The van der Waals surface area contributed by atoms with E-state index in [4.69, 9.17) is 5.26 Å². The highest BCUT2D eigenvalue weighted by Crippen LogP contribution is 2.33. The highest BCUT2D eigenvalue weighted by atomic mass is 16.1. The number of anilines is 1. The molecule has 0 bridgehead atoms. The molecule has 2 aromatic rings. The quantitative estimate of drug-likeness (QED) is 0.854. The fourth-order valence-corrected chi connectivity index (χ4v) is 2.07. The van der Waals surface area contributed by atoms with Gasteiger partial charge in [-0.3, -0.25) is 4.79 Å². The van der Waals surface area contributed by atoms with Crippen molar-refractivity contribution in [2.45, 2.75) is 6.92 Å². The first-order valence-electron chi connectivity index (χ1n) is 6.19. The summed E-state index contributed by atoms with van der Waals surface area (Å²) in [6, 6.07) is 16.8. The molecule has 0 aliphatic rings. The van der Waals surface area contributed by atoms with E-state index in [0.29, 0.717) is 5.69 Å². The van der Waals surface area contributed by atoms with E-state index in [1.807, 2.05) is 49.4 Å². The van der Waals surface area contributed by atoms with Gasteiger partial charge in [0.15, 0.2) is 6.07 Å². The number of allylic oxidation sites excluding steroid dienone is 1. The number of amides is 1. The predicted molar refractivity (Wildman–Crippen MR) is 80.8 cm³/mol. The summed E-state index contributed by atoms with van der Waals surface area (Å²) in [6.45, 7) is 5.92. The first kappa shape index (κ1) is 13.6. The van der Waals surface area contributed by atoms with E-state index in [9.17, 15) is 4.79 Å². The second-order valence-electron chi connectivity index (χ2n) is 4.44. The van der Waals surface area contributed by atoms with Crippen molar-refractivity contribution >= 4 is 17.2 Å². The average Bonchev–Trinajstić information content (AvgIpc) is 2.47. The van der Waals surface area contributed by atoms with Gasteiger partial charge in [-0.25, -0.2) is 0 Å². The highest BCUT2D eigenvalue weighted by Gasteiger charge is 2.11. The van der Waals surface area contributed by atoms with Crippen molar-refractivity contribution in [3.8, 4) is 17.2 Å². The number of carbonyl (C=O) groups excluding carboxylic acids is 1. The molecule has 0 fully saturated rings. The number of carbonyl (C=O) groups is 1.